The molecule has 0 radical (unpaired) electrons. The van der Waals surface area contributed by atoms with Gasteiger partial charge in [0.2, 0.25) is 11.8 Å². The largest absolute Gasteiger partial charge is 0.354 e. The lowest BCUT2D eigenvalue weighted by atomic mass is 10.1. The molecule has 0 atom stereocenters. The van der Waals surface area contributed by atoms with Crippen LogP contribution in [-0.2, 0) is 29.1 Å². The number of anilines is 1. The molecule has 8 nitrogen and oxygen atoms in total. The fourth-order valence-electron chi connectivity index (χ4n) is 3.78. The van der Waals surface area contributed by atoms with Crippen molar-refractivity contribution in [1.29, 1.82) is 0 Å². The Hall–Kier alpha value is -4.05. The van der Waals surface area contributed by atoms with Crippen LogP contribution in [0.5, 0.6) is 0 Å². The maximum Gasteiger partial charge on any atom is 0.332 e. The first-order valence-corrected chi connectivity index (χ1v) is 11.9. The number of hydrogen-bond acceptors (Lipinski definition) is 4. The summed E-state index contributed by atoms with van der Waals surface area (Å²) in [7, 11) is 0. The molecule has 10 heteroatoms. The summed E-state index contributed by atoms with van der Waals surface area (Å²) in [5, 5.41) is 5.33. The van der Waals surface area contributed by atoms with E-state index < -0.39 is 42.0 Å². The molecular formula is C26H22BrFN4O4. The summed E-state index contributed by atoms with van der Waals surface area (Å²) in [5.41, 5.74) is -0.227. The lowest BCUT2D eigenvalue weighted by molar-refractivity contribution is -0.121. The van der Waals surface area contributed by atoms with E-state index in [-0.39, 0.29) is 16.6 Å². The van der Waals surface area contributed by atoms with Gasteiger partial charge in [0.25, 0.3) is 5.56 Å². The lowest BCUT2D eigenvalue weighted by Gasteiger charge is -2.14. The van der Waals surface area contributed by atoms with E-state index in [0.717, 1.165) is 14.7 Å². The Morgan fingerprint density at radius 2 is 1.56 bits per heavy atom. The molecule has 0 aliphatic heterocycles. The van der Waals surface area contributed by atoms with Crippen molar-refractivity contribution >= 4 is 44.3 Å². The summed E-state index contributed by atoms with van der Waals surface area (Å²) in [5.74, 6) is -1.82. The number of nitrogens with zero attached hydrogens (tertiary/aromatic N) is 2. The second-order valence-electron chi connectivity index (χ2n) is 8.04. The number of carbonyl (C=O) groups excluding carboxylic acids is 2. The molecule has 1 heterocycles. The molecule has 1 aromatic heterocycles. The standard InChI is InChI=1S/C26H22BrFN4O4/c27-18-10-11-21(20(28)14-18)30-24(34)16-31-22-9-5-4-8-19(22)25(35)32(26(31)36)15-23(33)29-13-12-17-6-2-1-3-7-17/h1-11,14H,12-13,15-16H2,(H,29,33)(H,30,34). The predicted molar refractivity (Wildman–Crippen MR) is 138 cm³/mol. The zero-order valence-electron chi connectivity index (χ0n) is 19.0. The van der Waals surface area contributed by atoms with Gasteiger partial charge in [-0.25, -0.2) is 9.18 Å². The van der Waals surface area contributed by atoms with Crippen LogP contribution in [0.2, 0.25) is 0 Å². The molecule has 0 saturated carbocycles. The van der Waals surface area contributed by atoms with Crippen molar-refractivity contribution < 1.29 is 14.0 Å². The third-order valence-corrected chi connectivity index (χ3v) is 6.01. The Bertz CT molecular complexity index is 1550. The molecule has 0 aliphatic rings. The van der Waals surface area contributed by atoms with E-state index in [9.17, 15) is 23.6 Å². The Morgan fingerprint density at radius 1 is 0.861 bits per heavy atom. The summed E-state index contributed by atoms with van der Waals surface area (Å²) < 4.78 is 16.6. The smallest absolute Gasteiger partial charge is 0.332 e. The number of rotatable bonds is 8. The number of hydrogen-bond donors (Lipinski definition) is 2. The van der Waals surface area contributed by atoms with E-state index in [1.165, 1.54) is 24.3 Å². The first-order valence-electron chi connectivity index (χ1n) is 11.1. The van der Waals surface area contributed by atoms with Crippen molar-refractivity contribution in [3.05, 3.63) is 109 Å². The Balaban J connectivity index is 1.56. The fourth-order valence-corrected chi connectivity index (χ4v) is 4.11. The van der Waals surface area contributed by atoms with Gasteiger partial charge >= 0.3 is 5.69 Å². The molecule has 0 fully saturated rings. The average molecular weight is 553 g/mol. The number of nitrogens with one attached hydrogen (secondary N) is 2. The highest BCUT2D eigenvalue weighted by molar-refractivity contribution is 9.10. The van der Waals surface area contributed by atoms with Crippen LogP contribution in [0.4, 0.5) is 10.1 Å². The number of fused-ring (bicyclic) bond motifs is 1. The summed E-state index contributed by atoms with van der Waals surface area (Å²) >= 11 is 3.15. The van der Waals surface area contributed by atoms with E-state index in [4.69, 9.17) is 0 Å². The van der Waals surface area contributed by atoms with Crippen molar-refractivity contribution in [2.45, 2.75) is 19.5 Å². The van der Waals surface area contributed by atoms with Gasteiger partial charge in [0, 0.05) is 11.0 Å². The highest BCUT2D eigenvalue weighted by Crippen LogP contribution is 2.19. The molecule has 36 heavy (non-hydrogen) atoms. The van der Waals surface area contributed by atoms with Crippen LogP contribution >= 0.6 is 15.9 Å². The summed E-state index contributed by atoms with van der Waals surface area (Å²) in [6.07, 6.45) is 0.593. The minimum Gasteiger partial charge on any atom is -0.354 e. The molecule has 0 spiro atoms. The van der Waals surface area contributed by atoms with Gasteiger partial charge in [-0.2, -0.15) is 0 Å². The van der Waals surface area contributed by atoms with Crippen molar-refractivity contribution in [3.63, 3.8) is 0 Å². The van der Waals surface area contributed by atoms with Crippen LogP contribution in [0.1, 0.15) is 5.56 Å². The number of amides is 2. The molecular weight excluding hydrogens is 531 g/mol. The first-order chi connectivity index (χ1) is 17.3. The molecule has 0 aliphatic carbocycles. The summed E-state index contributed by atoms with van der Waals surface area (Å²) in [6, 6.07) is 20.0. The molecule has 3 aromatic carbocycles. The molecule has 0 unspecified atom stereocenters. The van der Waals surface area contributed by atoms with Gasteiger partial charge in [0.1, 0.15) is 18.9 Å². The van der Waals surface area contributed by atoms with Gasteiger partial charge in [0.15, 0.2) is 0 Å². The van der Waals surface area contributed by atoms with Crippen molar-refractivity contribution in [2.24, 2.45) is 0 Å². The number of halogens is 2. The topological polar surface area (TPSA) is 102 Å². The van der Waals surface area contributed by atoms with E-state index >= 15 is 0 Å². The Kier molecular flexibility index (Phi) is 7.74. The van der Waals surface area contributed by atoms with E-state index in [0.29, 0.717) is 17.4 Å². The maximum absolute atomic E-state index is 14.1. The van der Waals surface area contributed by atoms with Crippen molar-refractivity contribution in [2.75, 3.05) is 11.9 Å². The summed E-state index contributed by atoms with van der Waals surface area (Å²) in [6.45, 7) is -0.647. The summed E-state index contributed by atoms with van der Waals surface area (Å²) in [4.78, 5) is 51.5. The van der Waals surface area contributed by atoms with Crippen molar-refractivity contribution in [3.8, 4) is 0 Å². The van der Waals surface area contributed by atoms with Gasteiger partial charge < -0.3 is 10.6 Å². The molecule has 2 amide bonds. The van der Waals surface area contributed by atoms with Gasteiger partial charge in [-0.05, 0) is 42.3 Å². The minimum atomic E-state index is -0.816. The normalized spacial score (nSPS) is 10.8. The molecule has 0 bridgehead atoms. The van der Waals surface area contributed by atoms with Crippen LogP contribution in [0.3, 0.4) is 0 Å². The second kappa shape index (κ2) is 11.1. The van der Waals surface area contributed by atoms with Crippen LogP contribution in [0, 0.1) is 5.82 Å². The Morgan fingerprint density at radius 3 is 2.31 bits per heavy atom. The fraction of sp³-hybridized carbons (Fsp3) is 0.154. The van der Waals surface area contributed by atoms with E-state index in [1.54, 1.807) is 18.2 Å². The van der Waals surface area contributed by atoms with Crippen LogP contribution < -0.4 is 21.9 Å². The van der Waals surface area contributed by atoms with Crippen LogP contribution in [-0.4, -0.2) is 27.5 Å². The second-order valence-corrected chi connectivity index (χ2v) is 8.95. The zero-order chi connectivity index (χ0) is 25.7. The molecule has 0 saturated heterocycles. The van der Waals surface area contributed by atoms with Gasteiger partial charge in [0.05, 0.1) is 16.6 Å². The van der Waals surface area contributed by atoms with Gasteiger partial charge in [-0.1, -0.05) is 58.4 Å². The highest BCUT2D eigenvalue weighted by Gasteiger charge is 2.18. The third kappa shape index (κ3) is 5.77. The quantitative estimate of drug-likeness (QED) is 0.350. The SMILES string of the molecule is O=C(Cn1c(=O)c2ccccc2n(CC(=O)Nc2ccc(Br)cc2F)c1=O)NCCc1ccccc1. The number of carbonyl (C=O) groups is 2. The number of benzene rings is 3. The molecule has 184 valence electrons. The Labute approximate surface area is 213 Å². The predicted octanol–water partition coefficient (Wildman–Crippen LogP) is 3.06. The zero-order valence-corrected chi connectivity index (χ0v) is 20.6. The van der Waals surface area contributed by atoms with Crippen molar-refractivity contribution in [1.82, 2.24) is 14.5 Å². The molecule has 4 rings (SSSR count). The van der Waals surface area contributed by atoms with Gasteiger partial charge in [-0.15, -0.1) is 0 Å². The molecule has 2 N–H and O–H groups in total. The van der Waals surface area contributed by atoms with E-state index in [2.05, 4.69) is 26.6 Å². The average Bonchev–Trinajstić information content (AvgIpc) is 2.87. The highest BCUT2D eigenvalue weighted by atomic mass is 79.9. The minimum absolute atomic E-state index is 0.0494. The third-order valence-electron chi connectivity index (χ3n) is 5.52. The van der Waals surface area contributed by atoms with E-state index in [1.807, 2.05) is 30.3 Å². The van der Waals surface area contributed by atoms with Crippen LogP contribution in [0.15, 0.2) is 86.9 Å². The van der Waals surface area contributed by atoms with Crippen LogP contribution in [0.25, 0.3) is 10.9 Å². The monoisotopic (exact) mass is 552 g/mol. The lowest BCUT2D eigenvalue weighted by Crippen LogP contribution is -2.45. The van der Waals surface area contributed by atoms with Gasteiger partial charge in [-0.3, -0.25) is 23.5 Å². The maximum atomic E-state index is 14.1. The number of para-hydroxylation sites is 1. The number of aromatic nitrogens is 2. The molecule has 4 aromatic rings. The first kappa shape index (κ1) is 25.1.